The second kappa shape index (κ2) is 8.11. The molecule has 0 aliphatic rings. The number of aliphatic carboxylic acids is 1. The summed E-state index contributed by atoms with van der Waals surface area (Å²) in [5.41, 5.74) is 0.642. The van der Waals surface area contributed by atoms with Crippen LogP contribution < -0.4 is 9.47 Å². The summed E-state index contributed by atoms with van der Waals surface area (Å²) in [7, 11) is 3.09. The first-order valence-corrected chi connectivity index (χ1v) is 7.10. The molecule has 1 aromatic carbocycles. The third kappa shape index (κ3) is 4.68. The van der Waals surface area contributed by atoms with Crippen molar-refractivity contribution in [3.63, 3.8) is 0 Å². The largest absolute Gasteiger partial charge is 0.496 e. The van der Waals surface area contributed by atoms with Gasteiger partial charge in [0.1, 0.15) is 11.5 Å². The van der Waals surface area contributed by atoms with E-state index in [0.717, 1.165) is 4.47 Å². The highest BCUT2D eigenvalue weighted by atomic mass is 79.9. The number of ether oxygens (including phenoxy) is 2. The summed E-state index contributed by atoms with van der Waals surface area (Å²) in [5.74, 6) is 0.371. The van der Waals surface area contributed by atoms with Crippen molar-refractivity contribution in [2.45, 2.75) is 31.8 Å². The van der Waals surface area contributed by atoms with Gasteiger partial charge in [0.05, 0.1) is 24.8 Å². The van der Waals surface area contributed by atoms with E-state index in [2.05, 4.69) is 15.9 Å². The van der Waals surface area contributed by atoms with E-state index >= 15 is 0 Å². The lowest BCUT2D eigenvalue weighted by molar-refractivity contribution is -0.137. The number of hydrogen-bond acceptors (Lipinski definition) is 4. The standard InChI is InChI=1S/C14H19BrO5/c1-19-12-8-10(15)13(20-2)7-9(12)11(16)5-3-4-6-14(17)18/h7-8,11,16H,3-6H2,1-2H3,(H,17,18). The molecular weight excluding hydrogens is 328 g/mol. The van der Waals surface area contributed by atoms with Crippen LogP contribution in [0.3, 0.4) is 0 Å². The van der Waals surface area contributed by atoms with E-state index in [1.165, 1.54) is 7.11 Å². The second-order valence-electron chi connectivity index (χ2n) is 4.38. The van der Waals surface area contributed by atoms with E-state index in [9.17, 15) is 9.90 Å². The molecule has 0 fully saturated rings. The van der Waals surface area contributed by atoms with E-state index < -0.39 is 12.1 Å². The van der Waals surface area contributed by atoms with Gasteiger partial charge in [-0.05, 0) is 47.3 Å². The molecule has 1 unspecified atom stereocenters. The summed E-state index contributed by atoms with van der Waals surface area (Å²) in [4.78, 5) is 10.4. The maximum absolute atomic E-state index is 10.4. The molecule has 2 N–H and O–H groups in total. The predicted octanol–water partition coefficient (Wildman–Crippen LogP) is 3.14. The molecule has 112 valence electrons. The molecule has 1 aromatic rings. The Bertz CT molecular complexity index is 461. The van der Waals surface area contributed by atoms with Gasteiger partial charge in [-0.2, -0.15) is 0 Å². The maximum Gasteiger partial charge on any atom is 0.303 e. The first-order chi connectivity index (χ1) is 9.49. The third-order valence-electron chi connectivity index (χ3n) is 2.98. The SMILES string of the molecule is COc1cc(C(O)CCCCC(=O)O)c(OC)cc1Br. The lowest BCUT2D eigenvalue weighted by Crippen LogP contribution is -2.03. The van der Waals surface area contributed by atoms with Crippen molar-refractivity contribution in [3.05, 3.63) is 22.2 Å². The summed E-state index contributed by atoms with van der Waals surface area (Å²) < 4.78 is 11.2. The fourth-order valence-corrected chi connectivity index (χ4v) is 2.40. The lowest BCUT2D eigenvalue weighted by Gasteiger charge is -2.17. The van der Waals surface area contributed by atoms with Crippen molar-refractivity contribution in [1.29, 1.82) is 0 Å². The highest BCUT2D eigenvalue weighted by Gasteiger charge is 2.16. The van der Waals surface area contributed by atoms with E-state index in [0.29, 0.717) is 36.3 Å². The predicted molar refractivity (Wildman–Crippen MR) is 78.3 cm³/mol. The molecule has 0 heterocycles. The second-order valence-corrected chi connectivity index (χ2v) is 5.24. The summed E-state index contributed by atoms with van der Waals surface area (Å²) in [6, 6.07) is 3.47. The van der Waals surface area contributed by atoms with Crippen molar-refractivity contribution in [3.8, 4) is 11.5 Å². The molecule has 0 spiro atoms. The smallest absolute Gasteiger partial charge is 0.303 e. The van der Waals surface area contributed by atoms with E-state index in [1.807, 2.05) is 0 Å². The van der Waals surface area contributed by atoms with Crippen LogP contribution in [0.25, 0.3) is 0 Å². The number of hydrogen-bond donors (Lipinski definition) is 2. The molecule has 5 nitrogen and oxygen atoms in total. The van der Waals surface area contributed by atoms with Gasteiger partial charge in [0, 0.05) is 12.0 Å². The summed E-state index contributed by atoms with van der Waals surface area (Å²) in [6.45, 7) is 0. The molecule has 0 aliphatic carbocycles. The highest BCUT2D eigenvalue weighted by Crippen LogP contribution is 2.37. The van der Waals surface area contributed by atoms with Crippen LogP contribution >= 0.6 is 15.9 Å². The number of methoxy groups -OCH3 is 2. The third-order valence-corrected chi connectivity index (χ3v) is 3.60. The summed E-state index contributed by atoms with van der Waals surface area (Å²) in [5, 5.41) is 18.8. The molecule has 0 saturated heterocycles. The number of carboxylic acids is 1. The Morgan fingerprint density at radius 2 is 1.90 bits per heavy atom. The molecule has 0 amide bonds. The molecule has 0 radical (unpaired) electrons. The Balaban J connectivity index is 2.75. The minimum absolute atomic E-state index is 0.119. The Kier molecular flexibility index (Phi) is 6.81. The zero-order valence-electron chi connectivity index (χ0n) is 11.6. The van der Waals surface area contributed by atoms with Gasteiger partial charge >= 0.3 is 5.97 Å². The van der Waals surface area contributed by atoms with Crippen LogP contribution in [-0.4, -0.2) is 30.4 Å². The Morgan fingerprint density at radius 1 is 1.25 bits per heavy atom. The molecule has 0 aromatic heterocycles. The quantitative estimate of drug-likeness (QED) is 0.707. The first-order valence-electron chi connectivity index (χ1n) is 6.30. The van der Waals surface area contributed by atoms with Gasteiger partial charge in [0.25, 0.3) is 0 Å². The topological polar surface area (TPSA) is 76.0 Å². The van der Waals surface area contributed by atoms with Crippen molar-refractivity contribution in [1.82, 2.24) is 0 Å². The van der Waals surface area contributed by atoms with Crippen LogP contribution in [-0.2, 0) is 4.79 Å². The average Bonchev–Trinajstić information content (AvgIpc) is 2.42. The number of halogens is 1. The fourth-order valence-electron chi connectivity index (χ4n) is 1.91. The minimum atomic E-state index is -0.817. The number of aliphatic hydroxyl groups is 1. The van der Waals surface area contributed by atoms with Crippen molar-refractivity contribution < 1.29 is 24.5 Å². The molecule has 0 saturated carbocycles. The minimum Gasteiger partial charge on any atom is -0.496 e. The monoisotopic (exact) mass is 346 g/mol. The fraction of sp³-hybridized carbons (Fsp3) is 0.500. The van der Waals surface area contributed by atoms with Crippen LogP contribution in [0, 0.1) is 0 Å². The lowest BCUT2D eigenvalue weighted by atomic mass is 10.0. The molecule has 6 heteroatoms. The molecule has 0 aliphatic heterocycles. The van der Waals surface area contributed by atoms with Crippen molar-refractivity contribution in [2.75, 3.05) is 14.2 Å². The van der Waals surface area contributed by atoms with Crippen molar-refractivity contribution >= 4 is 21.9 Å². The molecule has 1 rings (SSSR count). The zero-order chi connectivity index (χ0) is 15.1. The van der Waals surface area contributed by atoms with Gasteiger partial charge in [0.15, 0.2) is 0 Å². The van der Waals surface area contributed by atoms with Crippen LogP contribution in [0.5, 0.6) is 11.5 Å². The Hall–Kier alpha value is -1.27. The first kappa shape index (κ1) is 16.8. The molecule has 20 heavy (non-hydrogen) atoms. The van der Waals surface area contributed by atoms with E-state index in [4.69, 9.17) is 14.6 Å². The van der Waals surface area contributed by atoms with Gasteiger partial charge in [0.2, 0.25) is 0 Å². The van der Waals surface area contributed by atoms with Crippen LogP contribution in [0.4, 0.5) is 0 Å². The van der Waals surface area contributed by atoms with Gasteiger partial charge in [-0.1, -0.05) is 0 Å². The summed E-state index contributed by atoms with van der Waals surface area (Å²) in [6.07, 6.45) is 1.07. The Labute approximate surface area is 126 Å². The number of carboxylic acid groups (broad SMARTS) is 1. The van der Waals surface area contributed by atoms with Crippen LogP contribution in [0.15, 0.2) is 16.6 Å². The van der Waals surface area contributed by atoms with Crippen molar-refractivity contribution in [2.24, 2.45) is 0 Å². The Morgan fingerprint density at radius 3 is 2.45 bits per heavy atom. The number of benzene rings is 1. The molecule has 1 atom stereocenters. The van der Waals surface area contributed by atoms with Gasteiger partial charge in [-0.15, -0.1) is 0 Å². The highest BCUT2D eigenvalue weighted by molar-refractivity contribution is 9.10. The normalized spacial score (nSPS) is 12.0. The molecule has 0 bridgehead atoms. The van der Waals surface area contributed by atoms with Gasteiger partial charge in [-0.25, -0.2) is 0 Å². The molecular formula is C14H19BrO5. The summed E-state index contributed by atoms with van der Waals surface area (Å²) >= 11 is 3.36. The maximum atomic E-state index is 10.4. The van der Waals surface area contributed by atoms with Gasteiger partial charge in [-0.3, -0.25) is 4.79 Å². The van der Waals surface area contributed by atoms with E-state index in [1.54, 1.807) is 19.2 Å². The van der Waals surface area contributed by atoms with Crippen LogP contribution in [0.1, 0.15) is 37.4 Å². The zero-order valence-corrected chi connectivity index (χ0v) is 13.1. The number of unbranched alkanes of at least 4 members (excludes halogenated alkanes) is 1. The number of rotatable bonds is 8. The average molecular weight is 347 g/mol. The number of carbonyl (C=O) groups is 1. The van der Waals surface area contributed by atoms with Crippen LogP contribution in [0.2, 0.25) is 0 Å². The van der Waals surface area contributed by atoms with Gasteiger partial charge < -0.3 is 19.7 Å². The number of aliphatic hydroxyl groups excluding tert-OH is 1. The van der Waals surface area contributed by atoms with E-state index in [-0.39, 0.29) is 6.42 Å².